The van der Waals surface area contributed by atoms with Gasteiger partial charge in [0.2, 0.25) is 0 Å². The third-order valence-corrected chi connectivity index (χ3v) is 6.15. The molecule has 1 N–H and O–H groups in total. The summed E-state index contributed by atoms with van der Waals surface area (Å²) in [6, 6.07) is 15.7. The Morgan fingerprint density at radius 2 is 1.87 bits per heavy atom. The lowest BCUT2D eigenvalue weighted by Gasteiger charge is -2.09. The zero-order valence-corrected chi connectivity index (χ0v) is 21.5. The van der Waals surface area contributed by atoms with Gasteiger partial charge in [0.05, 0.1) is 16.4 Å². The molecule has 0 fully saturated rings. The van der Waals surface area contributed by atoms with E-state index in [1.54, 1.807) is 6.21 Å². The Bertz CT molecular complexity index is 1070. The van der Waals surface area contributed by atoms with Gasteiger partial charge < -0.3 is 4.74 Å². The maximum absolute atomic E-state index is 12.0. The van der Waals surface area contributed by atoms with Gasteiger partial charge in [-0.3, -0.25) is 4.79 Å². The Labute approximate surface area is 207 Å². The van der Waals surface area contributed by atoms with Crippen LogP contribution in [0.2, 0.25) is 0 Å². The van der Waals surface area contributed by atoms with Gasteiger partial charge in [-0.2, -0.15) is 5.10 Å². The Balaban J connectivity index is 1.48. The Morgan fingerprint density at radius 1 is 1.16 bits per heavy atom. The van der Waals surface area contributed by atoms with Gasteiger partial charge in [0.25, 0.3) is 5.91 Å². The summed E-state index contributed by atoms with van der Waals surface area (Å²) >= 11 is 7.08. The van der Waals surface area contributed by atoms with Crippen molar-refractivity contribution in [2.75, 3.05) is 5.75 Å². The van der Waals surface area contributed by atoms with Crippen LogP contribution in [0.25, 0.3) is 0 Å². The molecule has 3 rings (SSSR count). The standard InChI is InChI=1S/C22H20BrIN4O2S/c1-14-9-15(2)27-22(26-14)31-13-21(29)28-25-11-17-5-8-20(19(23)10-17)30-12-16-3-6-18(24)7-4-16/h3-11H,12-13H2,1-2H3,(H,28,29)/b25-11-. The summed E-state index contributed by atoms with van der Waals surface area (Å²) in [5, 5.41) is 4.61. The highest BCUT2D eigenvalue weighted by molar-refractivity contribution is 14.1. The summed E-state index contributed by atoms with van der Waals surface area (Å²) < 4.78 is 7.88. The molecule has 6 nitrogen and oxygen atoms in total. The van der Waals surface area contributed by atoms with E-state index in [9.17, 15) is 4.79 Å². The van der Waals surface area contributed by atoms with Crippen molar-refractivity contribution in [3.8, 4) is 5.75 Å². The van der Waals surface area contributed by atoms with Crippen molar-refractivity contribution in [1.29, 1.82) is 0 Å². The fraction of sp³-hybridized carbons (Fsp3) is 0.182. The van der Waals surface area contributed by atoms with Crippen LogP contribution in [0.15, 0.2) is 63.3 Å². The van der Waals surface area contributed by atoms with Gasteiger partial charge in [-0.1, -0.05) is 23.9 Å². The Hall–Kier alpha value is -1.98. The highest BCUT2D eigenvalue weighted by Gasteiger charge is 2.06. The molecule has 0 saturated carbocycles. The minimum absolute atomic E-state index is 0.190. The monoisotopic (exact) mass is 610 g/mol. The number of hydrogen-bond donors (Lipinski definition) is 1. The number of benzene rings is 2. The Kier molecular flexibility index (Phi) is 8.85. The Morgan fingerprint density at radius 3 is 2.55 bits per heavy atom. The second-order valence-corrected chi connectivity index (χ2v) is 9.66. The molecule has 0 radical (unpaired) electrons. The van der Waals surface area contributed by atoms with E-state index >= 15 is 0 Å². The number of carbonyl (C=O) groups is 1. The van der Waals surface area contributed by atoms with E-state index in [0.717, 1.165) is 32.7 Å². The molecule has 160 valence electrons. The first-order valence-electron chi connectivity index (χ1n) is 9.33. The maximum atomic E-state index is 12.0. The molecule has 3 aromatic rings. The van der Waals surface area contributed by atoms with Crippen LogP contribution in [-0.2, 0) is 11.4 Å². The molecule has 0 aliphatic carbocycles. The number of carbonyl (C=O) groups excluding carboxylic acids is 1. The fourth-order valence-electron chi connectivity index (χ4n) is 2.56. The molecule has 0 bridgehead atoms. The maximum Gasteiger partial charge on any atom is 0.250 e. The average molecular weight is 611 g/mol. The van der Waals surface area contributed by atoms with E-state index in [0.29, 0.717) is 11.8 Å². The first-order valence-corrected chi connectivity index (χ1v) is 12.2. The number of halogens is 2. The number of nitrogens with one attached hydrogen (secondary N) is 1. The van der Waals surface area contributed by atoms with Gasteiger partial charge in [0.1, 0.15) is 12.4 Å². The quantitative estimate of drug-likeness (QED) is 0.123. The van der Waals surface area contributed by atoms with E-state index in [4.69, 9.17) is 4.74 Å². The predicted molar refractivity (Wildman–Crippen MR) is 136 cm³/mol. The minimum atomic E-state index is -0.222. The number of ether oxygens (including phenoxy) is 1. The second kappa shape index (κ2) is 11.6. The van der Waals surface area contributed by atoms with Crippen LogP contribution >= 0.6 is 50.3 Å². The zero-order valence-electron chi connectivity index (χ0n) is 16.9. The van der Waals surface area contributed by atoms with Crippen molar-refractivity contribution in [3.05, 3.63) is 79.1 Å². The van der Waals surface area contributed by atoms with Gasteiger partial charge in [-0.15, -0.1) is 0 Å². The second-order valence-electron chi connectivity index (χ2n) is 6.62. The van der Waals surface area contributed by atoms with Gasteiger partial charge in [0, 0.05) is 15.0 Å². The molecule has 2 aromatic carbocycles. The molecular formula is C22H20BrIN4O2S. The van der Waals surface area contributed by atoms with Crippen LogP contribution in [0, 0.1) is 17.4 Å². The van der Waals surface area contributed by atoms with Crippen LogP contribution in [0.4, 0.5) is 0 Å². The van der Waals surface area contributed by atoms with E-state index in [1.165, 1.54) is 15.3 Å². The summed E-state index contributed by atoms with van der Waals surface area (Å²) in [5.41, 5.74) is 6.22. The average Bonchev–Trinajstić information content (AvgIpc) is 2.72. The molecule has 0 aliphatic heterocycles. The van der Waals surface area contributed by atoms with Crippen LogP contribution in [-0.4, -0.2) is 27.8 Å². The van der Waals surface area contributed by atoms with Gasteiger partial charge in [-0.05, 0) is 99.9 Å². The van der Waals surface area contributed by atoms with Crippen molar-refractivity contribution < 1.29 is 9.53 Å². The molecule has 0 spiro atoms. The highest BCUT2D eigenvalue weighted by atomic mass is 127. The number of rotatable bonds is 8. The number of aromatic nitrogens is 2. The molecule has 0 aliphatic rings. The third-order valence-electron chi connectivity index (χ3n) is 3.96. The van der Waals surface area contributed by atoms with Gasteiger partial charge >= 0.3 is 0 Å². The number of nitrogens with zero attached hydrogens (tertiary/aromatic N) is 3. The molecule has 9 heteroatoms. The molecular weight excluding hydrogens is 591 g/mol. The van der Waals surface area contributed by atoms with Gasteiger partial charge in [0.15, 0.2) is 5.16 Å². The van der Waals surface area contributed by atoms with E-state index in [-0.39, 0.29) is 11.7 Å². The number of hydrogen-bond acceptors (Lipinski definition) is 6. The lowest BCUT2D eigenvalue weighted by molar-refractivity contribution is -0.118. The van der Waals surface area contributed by atoms with Crippen molar-refractivity contribution in [1.82, 2.24) is 15.4 Å². The summed E-state index contributed by atoms with van der Waals surface area (Å²) in [5.74, 6) is 0.708. The van der Waals surface area contributed by atoms with E-state index in [2.05, 4.69) is 71.1 Å². The molecule has 1 amide bonds. The minimum Gasteiger partial charge on any atom is -0.488 e. The largest absolute Gasteiger partial charge is 0.488 e. The van der Waals surface area contributed by atoms with Gasteiger partial charge in [-0.25, -0.2) is 15.4 Å². The smallest absolute Gasteiger partial charge is 0.250 e. The first kappa shape index (κ1) is 23.7. The zero-order chi connectivity index (χ0) is 22.2. The number of amides is 1. The highest BCUT2D eigenvalue weighted by Crippen LogP contribution is 2.26. The van der Waals surface area contributed by atoms with Crippen LogP contribution in [0.1, 0.15) is 22.5 Å². The lowest BCUT2D eigenvalue weighted by atomic mass is 10.2. The number of hydrazone groups is 1. The molecule has 1 heterocycles. The van der Waals surface area contributed by atoms with Crippen molar-refractivity contribution in [2.24, 2.45) is 5.10 Å². The SMILES string of the molecule is Cc1cc(C)nc(SCC(=O)N/N=C\c2ccc(OCc3ccc(I)cc3)c(Br)c2)n1. The number of thioether (sulfide) groups is 1. The topological polar surface area (TPSA) is 76.5 Å². The summed E-state index contributed by atoms with van der Waals surface area (Å²) in [7, 11) is 0. The summed E-state index contributed by atoms with van der Waals surface area (Å²) in [6.45, 7) is 4.29. The third kappa shape index (κ3) is 7.89. The predicted octanol–water partition coefficient (Wildman–Crippen LogP) is 5.28. The van der Waals surface area contributed by atoms with Crippen molar-refractivity contribution in [3.63, 3.8) is 0 Å². The first-order chi connectivity index (χ1) is 14.9. The fourth-order valence-corrected chi connectivity index (χ4v) is 4.17. The van der Waals surface area contributed by atoms with E-state index < -0.39 is 0 Å². The van der Waals surface area contributed by atoms with Crippen molar-refractivity contribution >= 4 is 62.4 Å². The van der Waals surface area contributed by atoms with Crippen LogP contribution in [0.5, 0.6) is 5.75 Å². The summed E-state index contributed by atoms with van der Waals surface area (Å²) in [6.07, 6.45) is 1.59. The molecule has 0 unspecified atom stereocenters. The summed E-state index contributed by atoms with van der Waals surface area (Å²) in [4.78, 5) is 20.6. The molecule has 1 aromatic heterocycles. The van der Waals surface area contributed by atoms with Crippen molar-refractivity contribution in [2.45, 2.75) is 25.6 Å². The van der Waals surface area contributed by atoms with E-state index in [1.807, 2.05) is 50.2 Å². The molecule has 31 heavy (non-hydrogen) atoms. The molecule has 0 atom stereocenters. The normalized spacial score (nSPS) is 11.0. The number of aryl methyl sites for hydroxylation is 2. The lowest BCUT2D eigenvalue weighted by Crippen LogP contribution is -2.19. The van der Waals surface area contributed by atoms with Crippen LogP contribution < -0.4 is 10.2 Å². The molecule has 0 saturated heterocycles. The van der Waals surface area contributed by atoms with Crippen LogP contribution in [0.3, 0.4) is 0 Å².